The van der Waals surface area contributed by atoms with Gasteiger partial charge in [-0.15, -0.1) is 0 Å². The highest BCUT2D eigenvalue weighted by atomic mass is 16.5. The first kappa shape index (κ1) is 16.1. The van der Waals surface area contributed by atoms with Crippen molar-refractivity contribution < 1.29 is 9.53 Å². The van der Waals surface area contributed by atoms with Crippen LogP contribution in [0.1, 0.15) is 31.2 Å². The highest BCUT2D eigenvalue weighted by Crippen LogP contribution is 2.26. The molecule has 0 saturated carbocycles. The number of fused-ring (bicyclic) bond motifs is 1. The van der Waals surface area contributed by atoms with Crippen molar-refractivity contribution in [2.45, 2.75) is 44.7 Å². The topological polar surface area (TPSA) is 53.6 Å². The van der Waals surface area contributed by atoms with Gasteiger partial charge in [-0.2, -0.15) is 0 Å². The third-order valence-electron chi connectivity index (χ3n) is 4.85. The molecule has 0 spiro atoms. The zero-order chi connectivity index (χ0) is 16.1. The third-order valence-corrected chi connectivity index (χ3v) is 4.85. The lowest BCUT2D eigenvalue weighted by Crippen LogP contribution is -2.50. The Balaban J connectivity index is 1.34. The quantitative estimate of drug-likeness (QED) is 0.819. The second-order valence-electron chi connectivity index (χ2n) is 6.56. The van der Waals surface area contributed by atoms with Gasteiger partial charge in [0.25, 0.3) is 0 Å². The number of amides is 2. The summed E-state index contributed by atoms with van der Waals surface area (Å²) in [5, 5.41) is 6.03. The van der Waals surface area contributed by atoms with Gasteiger partial charge in [-0.3, -0.25) is 4.90 Å². The van der Waals surface area contributed by atoms with Gasteiger partial charge in [0.05, 0.1) is 6.54 Å². The second-order valence-corrected chi connectivity index (χ2v) is 6.56. The van der Waals surface area contributed by atoms with Gasteiger partial charge < -0.3 is 15.4 Å². The maximum absolute atomic E-state index is 12.0. The van der Waals surface area contributed by atoms with Gasteiger partial charge in [0.1, 0.15) is 12.4 Å². The molecule has 5 nitrogen and oxygen atoms in total. The molecule has 1 aromatic carbocycles. The Hall–Kier alpha value is -1.75. The van der Waals surface area contributed by atoms with Gasteiger partial charge in [0.2, 0.25) is 0 Å². The standard InChI is InChI=1S/C18H27N3O2/c1-14-5-7-15(8-6-14)23-13-10-19-18(22)20-16-9-12-21-11-3-2-4-17(16)21/h5-8,16-17H,2-4,9-13H2,1H3,(H2,19,20,22). The third kappa shape index (κ3) is 4.38. The monoisotopic (exact) mass is 317 g/mol. The SMILES string of the molecule is Cc1ccc(OCCNC(=O)NC2CCN3CCCCC23)cc1. The molecule has 2 aliphatic rings. The molecule has 3 rings (SSSR count). The summed E-state index contributed by atoms with van der Waals surface area (Å²) < 4.78 is 5.62. The van der Waals surface area contributed by atoms with Crippen LogP contribution < -0.4 is 15.4 Å². The average molecular weight is 317 g/mol. The maximum Gasteiger partial charge on any atom is 0.315 e. The number of nitrogens with one attached hydrogen (secondary N) is 2. The minimum absolute atomic E-state index is 0.0741. The highest BCUT2D eigenvalue weighted by molar-refractivity contribution is 5.74. The summed E-state index contributed by atoms with van der Waals surface area (Å²) in [5.74, 6) is 0.839. The molecule has 2 N–H and O–H groups in total. The Bertz CT molecular complexity index is 518. The van der Waals surface area contributed by atoms with Crippen LogP contribution in [0.5, 0.6) is 5.75 Å². The Morgan fingerprint density at radius 3 is 2.87 bits per heavy atom. The number of hydrogen-bond acceptors (Lipinski definition) is 3. The molecule has 0 bridgehead atoms. The smallest absolute Gasteiger partial charge is 0.315 e. The zero-order valence-corrected chi connectivity index (χ0v) is 13.9. The molecule has 5 heteroatoms. The van der Waals surface area contributed by atoms with E-state index in [4.69, 9.17) is 4.74 Å². The number of urea groups is 1. The van der Waals surface area contributed by atoms with E-state index < -0.39 is 0 Å². The summed E-state index contributed by atoms with van der Waals surface area (Å²) >= 11 is 0. The number of ether oxygens (including phenoxy) is 1. The van der Waals surface area contributed by atoms with Crippen molar-refractivity contribution in [2.24, 2.45) is 0 Å². The summed E-state index contributed by atoms with van der Waals surface area (Å²) in [6.07, 6.45) is 4.86. The van der Waals surface area contributed by atoms with Crippen molar-refractivity contribution in [3.8, 4) is 5.75 Å². The predicted molar refractivity (Wildman–Crippen MR) is 90.8 cm³/mol. The predicted octanol–water partition coefficient (Wildman–Crippen LogP) is 2.30. The van der Waals surface area contributed by atoms with E-state index in [9.17, 15) is 4.79 Å². The molecule has 2 atom stereocenters. The molecule has 126 valence electrons. The number of hydrogen-bond donors (Lipinski definition) is 2. The van der Waals surface area contributed by atoms with Gasteiger partial charge in [0.15, 0.2) is 0 Å². The lowest BCUT2D eigenvalue weighted by molar-refractivity contribution is 0.178. The average Bonchev–Trinajstić information content (AvgIpc) is 2.96. The van der Waals surface area contributed by atoms with Gasteiger partial charge in [-0.1, -0.05) is 24.1 Å². The van der Waals surface area contributed by atoms with Crippen molar-refractivity contribution in [3.05, 3.63) is 29.8 Å². The molecule has 2 amide bonds. The van der Waals surface area contributed by atoms with Crippen LogP contribution in [0.2, 0.25) is 0 Å². The molecular weight excluding hydrogens is 290 g/mol. The lowest BCUT2D eigenvalue weighted by Gasteiger charge is -2.32. The first-order valence-corrected chi connectivity index (χ1v) is 8.70. The zero-order valence-electron chi connectivity index (χ0n) is 13.9. The molecule has 0 aliphatic carbocycles. The number of carbonyl (C=O) groups is 1. The van der Waals surface area contributed by atoms with Gasteiger partial charge in [0, 0.05) is 18.6 Å². The number of benzene rings is 1. The fourth-order valence-electron chi connectivity index (χ4n) is 3.60. The first-order chi connectivity index (χ1) is 11.2. The van der Waals surface area contributed by atoms with Gasteiger partial charge in [-0.25, -0.2) is 4.79 Å². The lowest BCUT2D eigenvalue weighted by atomic mass is 9.99. The van der Waals surface area contributed by atoms with Crippen molar-refractivity contribution >= 4 is 6.03 Å². The number of piperidine rings is 1. The van der Waals surface area contributed by atoms with E-state index >= 15 is 0 Å². The molecule has 2 saturated heterocycles. The number of nitrogens with zero attached hydrogens (tertiary/aromatic N) is 1. The van der Waals surface area contributed by atoms with E-state index in [0.717, 1.165) is 18.7 Å². The highest BCUT2D eigenvalue weighted by Gasteiger charge is 2.36. The van der Waals surface area contributed by atoms with Gasteiger partial charge in [-0.05, 0) is 44.9 Å². The van der Waals surface area contributed by atoms with E-state index in [1.165, 1.54) is 31.4 Å². The normalized spacial score (nSPS) is 24.0. The number of rotatable bonds is 5. The van der Waals surface area contributed by atoms with Crippen LogP contribution in [0, 0.1) is 6.92 Å². The maximum atomic E-state index is 12.0. The van der Waals surface area contributed by atoms with Crippen molar-refractivity contribution in [3.63, 3.8) is 0 Å². The van der Waals surface area contributed by atoms with E-state index in [1.807, 2.05) is 31.2 Å². The minimum atomic E-state index is -0.0741. The molecule has 2 fully saturated rings. The van der Waals surface area contributed by atoms with E-state index in [0.29, 0.717) is 25.2 Å². The Morgan fingerprint density at radius 1 is 1.22 bits per heavy atom. The summed E-state index contributed by atoms with van der Waals surface area (Å²) in [4.78, 5) is 14.6. The molecular formula is C18H27N3O2. The summed E-state index contributed by atoms with van der Waals surface area (Å²) in [6.45, 7) is 5.35. The number of carbonyl (C=O) groups excluding carboxylic acids is 1. The summed E-state index contributed by atoms with van der Waals surface area (Å²) in [6, 6.07) is 8.70. The van der Waals surface area contributed by atoms with Crippen LogP contribution in [0.3, 0.4) is 0 Å². The largest absolute Gasteiger partial charge is 0.492 e. The minimum Gasteiger partial charge on any atom is -0.492 e. The molecule has 23 heavy (non-hydrogen) atoms. The molecule has 2 heterocycles. The fourth-order valence-corrected chi connectivity index (χ4v) is 3.60. The Kier molecular flexibility index (Phi) is 5.39. The van der Waals surface area contributed by atoms with E-state index in [-0.39, 0.29) is 6.03 Å². The van der Waals surface area contributed by atoms with Crippen LogP contribution in [-0.4, -0.2) is 49.3 Å². The van der Waals surface area contributed by atoms with Crippen molar-refractivity contribution in [1.29, 1.82) is 0 Å². The second kappa shape index (κ2) is 7.68. The molecule has 1 aromatic rings. The van der Waals surface area contributed by atoms with Crippen molar-refractivity contribution in [1.82, 2.24) is 15.5 Å². The fraction of sp³-hybridized carbons (Fsp3) is 0.611. The first-order valence-electron chi connectivity index (χ1n) is 8.70. The van der Waals surface area contributed by atoms with Gasteiger partial charge >= 0.3 is 6.03 Å². The molecule has 0 radical (unpaired) electrons. The molecule has 2 unspecified atom stereocenters. The van der Waals surface area contributed by atoms with Crippen LogP contribution in [0.15, 0.2) is 24.3 Å². The molecule has 2 aliphatic heterocycles. The summed E-state index contributed by atoms with van der Waals surface area (Å²) in [7, 11) is 0. The Labute approximate surface area is 138 Å². The van der Waals surface area contributed by atoms with Crippen LogP contribution in [0.25, 0.3) is 0 Å². The van der Waals surface area contributed by atoms with Crippen LogP contribution >= 0.6 is 0 Å². The van der Waals surface area contributed by atoms with E-state index in [2.05, 4.69) is 15.5 Å². The van der Waals surface area contributed by atoms with E-state index in [1.54, 1.807) is 0 Å². The van der Waals surface area contributed by atoms with Crippen molar-refractivity contribution in [2.75, 3.05) is 26.2 Å². The molecule has 0 aromatic heterocycles. The number of aryl methyl sites for hydroxylation is 1. The van der Waals surface area contributed by atoms with Crippen LogP contribution in [0.4, 0.5) is 4.79 Å². The van der Waals surface area contributed by atoms with Crippen LogP contribution in [-0.2, 0) is 0 Å². The Morgan fingerprint density at radius 2 is 2.04 bits per heavy atom. The summed E-state index contributed by atoms with van der Waals surface area (Å²) in [5.41, 5.74) is 1.21.